The van der Waals surface area contributed by atoms with Crippen LogP contribution in [0.2, 0.25) is 0 Å². The molecular formula is C22H25N5O2S. The SMILES string of the molecule is CCn1cnc2sc(C(=O)NC(C)c3nc4ccccc4n3C(C)C)c(C)c2c1=O. The molecular weight excluding hydrogens is 398 g/mol. The Morgan fingerprint density at radius 3 is 2.67 bits per heavy atom. The van der Waals surface area contributed by atoms with Gasteiger partial charge in [0.1, 0.15) is 10.7 Å². The lowest BCUT2D eigenvalue weighted by molar-refractivity contribution is 0.0941. The van der Waals surface area contributed by atoms with Crippen LogP contribution in [0.4, 0.5) is 0 Å². The van der Waals surface area contributed by atoms with E-state index in [2.05, 4.69) is 28.7 Å². The van der Waals surface area contributed by atoms with Crippen LogP contribution in [0.1, 0.15) is 60.8 Å². The van der Waals surface area contributed by atoms with E-state index in [4.69, 9.17) is 4.98 Å². The lowest BCUT2D eigenvalue weighted by Gasteiger charge is -2.18. The molecule has 1 aromatic carbocycles. The summed E-state index contributed by atoms with van der Waals surface area (Å²) in [5.74, 6) is 0.595. The van der Waals surface area contributed by atoms with Crippen molar-refractivity contribution in [1.29, 1.82) is 0 Å². The van der Waals surface area contributed by atoms with Gasteiger partial charge in [-0.05, 0) is 52.3 Å². The molecule has 1 unspecified atom stereocenters. The standard InChI is InChI=1S/C22H25N5O2S/c1-6-26-11-23-21-17(22(26)29)13(4)18(30-21)20(28)24-14(5)19-25-15-9-7-8-10-16(15)27(19)12(2)3/h7-12,14H,6H2,1-5H3,(H,24,28). The van der Waals surface area contributed by atoms with E-state index in [-0.39, 0.29) is 23.6 Å². The van der Waals surface area contributed by atoms with E-state index < -0.39 is 0 Å². The number of nitrogens with one attached hydrogen (secondary N) is 1. The highest BCUT2D eigenvalue weighted by Gasteiger charge is 2.24. The van der Waals surface area contributed by atoms with Crippen LogP contribution in [-0.2, 0) is 6.54 Å². The van der Waals surface area contributed by atoms with Gasteiger partial charge in [-0.1, -0.05) is 12.1 Å². The van der Waals surface area contributed by atoms with Crippen LogP contribution >= 0.6 is 11.3 Å². The molecule has 0 radical (unpaired) electrons. The molecule has 1 N–H and O–H groups in total. The molecule has 0 saturated heterocycles. The highest BCUT2D eigenvalue weighted by atomic mass is 32.1. The number of aromatic nitrogens is 4. The molecule has 0 aliphatic carbocycles. The Labute approximate surface area is 178 Å². The summed E-state index contributed by atoms with van der Waals surface area (Å²) >= 11 is 1.25. The molecule has 156 valence electrons. The van der Waals surface area contributed by atoms with E-state index in [1.807, 2.05) is 45.0 Å². The average Bonchev–Trinajstić information content (AvgIpc) is 3.27. The summed E-state index contributed by atoms with van der Waals surface area (Å²) in [5.41, 5.74) is 2.53. The van der Waals surface area contributed by atoms with E-state index in [9.17, 15) is 9.59 Å². The molecule has 1 amide bonds. The second kappa shape index (κ2) is 7.68. The third-order valence-corrected chi connectivity index (χ3v) is 6.54. The summed E-state index contributed by atoms with van der Waals surface area (Å²) in [5, 5.41) is 3.59. The number of aryl methyl sites for hydroxylation is 2. The predicted molar refractivity (Wildman–Crippen MR) is 120 cm³/mol. The van der Waals surface area contributed by atoms with Crippen molar-refractivity contribution in [2.45, 2.75) is 53.2 Å². The van der Waals surface area contributed by atoms with Crippen LogP contribution in [0.25, 0.3) is 21.3 Å². The van der Waals surface area contributed by atoms with E-state index in [0.29, 0.717) is 27.2 Å². The first-order valence-corrected chi connectivity index (χ1v) is 10.9. The van der Waals surface area contributed by atoms with Gasteiger partial charge in [0.15, 0.2) is 0 Å². The molecule has 0 saturated carbocycles. The second-order valence-electron chi connectivity index (χ2n) is 7.69. The van der Waals surface area contributed by atoms with Crippen LogP contribution in [0, 0.1) is 6.92 Å². The van der Waals surface area contributed by atoms with Crippen molar-refractivity contribution in [3.05, 3.63) is 57.2 Å². The highest BCUT2D eigenvalue weighted by Crippen LogP contribution is 2.29. The Morgan fingerprint density at radius 2 is 1.97 bits per heavy atom. The average molecular weight is 424 g/mol. The molecule has 4 rings (SSSR count). The molecule has 0 fully saturated rings. The molecule has 1 atom stereocenters. The molecule has 4 aromatic rings. The Morgan fingerprint density at radius 1 is 1.23 bits per heavy atom. The van der Waals surface area contributed by atoms with Crippen LogP contribution < -0.4 is 10.9 Å². The third kappa shape index (κ3) is 3.21. The molecule has 3 aromatic heterocycles. The number of thiophene rings is 1. The van der Waals surface area contributed by atoms with Crippen LogP contribution in [0.5, 0.6) is 0 Å². The highest BCUT2D eigenvalue weighted by molar-refractivity contribution is 7.20. The maximum Gasteiger partial charge on any atom is 0.262 e. The molecule has 0 aliphatic rings. The van der Waals surface area contributed by atoms with Crippen LogP contribution in [0.3, 0.4) is 0 Å². The maximum atomic E-state index is 13.1. The van der Waals surface area contributed by atoms with Gasteiger partial charge in [-0.15, -0.1) is 11.3 Å². The minimum atomic E-state index is -0.294. The van der Waals surface area contributed by atoms with Crippen molar-refractivity contribution in [3.8, 4) is 0 Å². The third-order valence-electron chi connectivity index (χ3n) is 5.34. The van der Waals surface area contributed by atoms with E-state index in [1.54, 1.807) is 4.57 Å². The van der Waals surface area contributed by atoms with Gasteiger partial charge in [0, 0.05) is 12.6 Å². The minimum absolute atomic E-state index is 0.107. The van der Waals surface area contributed by atoms with Gasteiger partial charge in [0.25, 0.3) is 11.5 Å². The van der Waals surface area contributed by atoms with Gasteiger partial charge in [0.05, 0.1) is 33.7 Å². The monoisotopic (exact) mass is 423 g/mol. The zero-order chi connectivity index (χ0) is 21.6. The Hall–Kier alpha value is -3.00. The summed E-state index contributed by atoms with van der Waals surface area (Å²) in [7, 11) is 0. The number of benzene rings is 1. The summed E-state index contributed by atoms with van der Waals surface area (Å²) in [6, 6.07) is 7.89. The van der Waals surface area contributed by atoms with Gasteiger partial charge in [0.2, 0.25) is 0 Å². The second-order valence-corrected chi connectivity index (χ2v) is 8.69. The number of imidazole rings is 1. The normalized spacial score (nSPS) is 12.7. The fraction of sp³-hybridized carbons (Fsp3) is 0.364. The van der Waals surface area contributed by atoms with Gasteiger partial charge >= 0.3 is 0 Å². The number of nitrogens with zero attached hydrogens (tertiary/aromatic N) is 4. The molecule has 0 bridgehead atoms. The summed E-state index contributed by atoms with van der Waals surface area (Å²) in [4.78, 5) is 36.0. The zero-order valence-electron chi connectivity index (χ0n) is 17.8. The molecule has 7 nitrogen and oxygen atoms in total. The number of carbonyl (C=O) groups excluding carboxylic acids is 1. The first-order chi connectivity index (χ1) is 14.3. The number of para-hydroxylation sites is 2. The maximum absolute atomic E-state index is 13.1. The zero-order valence-corrected chi connectivity index (χ0v) is 18.6. The van der Waals surface area contributed by atoms with Gasteiger partial charge in [-0.3, -0.25) is 14.2 Å². The number of hydrogen-bond donors (Lipinski definition) is 1. The quantitative estimate of drug-likeness (QED) is 0.521. The van der Waals surface area contributed by atoms with Crippen LogP contribution in [0.15, 0.2) is 35.4 Å². The first-order valence-electron chi connectivity index (χ1n) is 10.1. The lowest BCUT2D eigenvalue weighted by Crippen LogP contribution is -2.29. The lowest BCUT2D eigenvalue weighted by atomic mass is 10.2. The van der Waals surface area contributed by atoms with Gasteiger partial charge < -0.3 is 9.88 Å². The molecule has 0 spiro atoms. The van der Waals surface area contributed by atoms with Crippen molar-refractivity contribution < 1.29 is 4.79 Å². The Bertz CT molecular complexity index is 1310. The Kier molecular flexibility index (Phi) is 5.19. The number of hydrogen-bond acceptors (Lipinski definition) is 5. The smallest absolute Gasteiger partial charge is 0.262 e. The first kappa shape index (κ1) is 20.3. The van der Waals surface area contributed by atoms with Crippen molar-refractivity contribution in [2.24, 2.45) is 0 Å². The van der Waals surface area contributed by atoms with Gasteiger partial charge in [-0.2, -0.15) is 0 Å². The van der Waals surface area contributed by atoms with E-state index in [1.165, 1.54) is 17.7 Å². The van der Waals surface area contributed by atoms with Crippen molar-refractivity contribution in [3.63, 3.8) is 0 Å². The topological polar surface area (TPSA) is 81.8 Å². The largest absolute Gasteiger partial charge is 0.342 e. The number of carbonyl (C=O) groups is 1. The Balaban J connectivity index is 1.71. The summed E-state index contributed by atoms with van der Waals surface area (Å²) < 4.78 is 3.71. The molecule has 30 heavy (non-hydrogen) atoms. The summed E-state index contributed by atoms with van der Waals surface area (Å²) in [6.45, 7) is 10.4. The number of amides is 1. The van der Waals surface area contributed by atoms with E-state index in [0.717, 1.165) is 16.9 Å². The van der Waals surface area contributed by atoms with Crippen molar-refractivity contribution in [1.82, 2.24) is 24.4 Å². The van der Waals surface area contributed by atoms with Crippen LogP contribution in [-0.4, -0.2) is 25.0 Å². The molecule has 0 aliphatic heterocycles. The van der Waals surface area contributed by atoms with Gasteiger partial charge in [-0.25, -0.2) is 9.97 Å². The predicted octanol–water partition coefficient (Wildman–Crippen LogP) is 4.21. The summed E-state index contributed by atoms with van der Waals surface area (Å²) in [6.07, 6.45) is 1.54. The van der Waals surface area contributed by atoms with Crippen molar-refractivity contribution >= 4 is 38.5 Å². The molecule has 3 heterocycles. The fourth-order valence-electron chi connectivity index (χ4n) is 3.84. The minimum Gasteiger partial charge on any atom is -0.342 e. The van der Waals surface area contributed by atoms with E-state index >= 15 is 0 Å². The molecule has 8 heteroatoms. The fourth-order valence-corrected chi connectivity index (χ4v) is 4.88. The van der Waals surface area contributed by atoms with Crippen molar-refractivity contribution in [2.75, 3.05) is 0 Å². The number of fused-ring (bicyclic) bond motifs is 2. The number of rotatable bonds is 5.